The zero-order chi connectivity index (χ0) is 16.0. The second-order valence-electron chi connectivity index (χ2n) is 4.82. The number of carbonyl (C=O) groups excluding carboxylic acids is 1. The molecule has 0 saturated heterocycles. The summed E-state index contributed by atoms with van der Waals surface area (Å²) in [7, 11) is 0. The summed E-state index contributed by atoms with van der Waals surface area (Å²) in [6.07, 6.45) is -0.528. The number of aromatic amines is 1. The third-order valence-electron chi connectivity index (χ3n) is 3.24. The molecule has 1 aliphatic heterocycles. The van der Waals surface area contributed by atoms with Crippen LogP contribution >= 0.6 is 11.3 Å². The molecule has 0 aromatic carbocycles. The predicted octanol–water partition coefficient (Wildman–Crippen LogP) is 1.50. The van der Waals surface area contributed by atoms with E-state index in [9.17, 15) is 13.6 Å². The molecule has 3 heterocycles. The maximum absolute atomic E-state index is 13.1. The number of rotatable bonds is 2. The number of thiophene rings is 1. The van der Waals surface area contributed by atoms with Gasteiger partial charge in [0.25, 0.3) is 5.91 Å². The quantitative estimate of drug-likeness (QED) is 0.871. The average molecular weight is 337 g/mol. The zero-order valence-corrected chi connectivity index (χ0v) is 12.2. The molecule has 2 aromatic rings. The third-order valence-corrected chi connectivity index (χ3v) is 4.11. The molecule has 0 unspecified atom stereocenters. The molecule has 4 rings (SSSR count). The number of nitrogens with one attached hydrogen (secondary N) is 2. The molecule has 0 fully saturated rings. The standard InChI is InChI=1S/C14H9F2N3O3S/c15-14(16)21-9-4-3-7-8(6-10(9)22-14)18-13(17-7)19-12(20)11-2-1-5-23-11/h1-3,5-6H,4H2,(H2,17,18,19,20). The van der Waals surface area contributed by atoms with Crippen LogP contribution in [0.1, 0.15) is 16.1 Å². The van der Waals surface area contributed by atoms with Crippen LogP contribution in [0.3, 0.4) is 0 Å². The molecule has 2 N–H and O–H groups in total. The van der Waals surface area contributed by atoms with E-state index < -0.39 is 6.29 Å². The Morgan fingerprint density at radius 2 is 2.30 bits per heavy atom. The van der Waals surface area contributed by atoms with Crippen molar-refractivity contribution in [1.82, 2.24) is 9.97 Å². The van der Waals surface area contributed by atoms with Gasteiger partial charge < -0.3 is 14.5 Å². The lowest BCUT2D eigenvalue weighted by Gasteiger charge is -2.07. The molecule has 23 heavy (non-hydrogen) atoms. The largest absolute Gasteiger partial charge is 0.585 e. The van der Waals surface area contributed by atoms with Crippen LogP contribution in [-0.4, -0.2) is 22.2 Å². The number of fused-ring (bicyclic) bond motifs is 1. The molecule has 0 atom stereocenters. The van der Waals surface area contributed by atoms with Crippen molar-refractivity contribution in [3.8, 4) is 0 Å². The first-order valence-electron chi connectivity index (χ1n) is 6.62. The maximum atomic E-state index is 13.1. The van der Waals surface area contributed by atoms with Gasteiger partial charge in [-0.3, -0.25) is 10.1 Å². The number of anilines is 1. The SMILES string of the molecule is O=C(Nc1nc2c([nH]1)=CC1=C(CC=2)OC(F)(F)O1)c1cccs1. The van der Waals surface area contributed by atoms with Gasteiger partial charge >= 0.3 is 6.29 Å². The van der Waals surface area contributed by atoms with Crippen LogP contribution < -0.4 is 16.0 Å². The second-order valence-corrected chi connectivity index (χ2v) is 5.77. The lowest BCUT2D eigenvalue weighted by molar-refractivity contribution is -0.336. The molecular formula is C14H9F2N3O3S. The Kier molecular flexibility index (Phi) is 2.98. The van der Waals surface area contributed by atoms with Gasteiger partial charge in [-0.1, -0.05) is 6.07 Å². The van der Waals surface area contributed by atoms with Crippen LogP contribution in [0.25, 0.3) is 12.2 Å². The first kappa shape index (κ1) is 13.9. The van der Waals surface area contributed by atoms with Gasteiger partial charge in [0.05, 0.1) is 15.6 Å². The minimum absolute atomic E-state index is 0.0468. The molecule has 0 bridgehead atoms. The van der Waals surface area contributed by atoms with Crippen LogP contribution in [0.5, 0.6) is 0 Å². The van der Waals surface area contributed by atoms with E-state index in [1.165, 1.54) is 17.4 Å². The number of nitrogens with zero attached hydrogens (tertiary/aromatic N) is 1. The van der Waals surface area contributed by atoms with E-state index in [1.54, 1.807) is 23.6 Å². The number of halogens is 2. The Morgan fingerprint density at radius 3 is 3.09 bits per heavy atom. The number of hydrogen-bond donors (Lipinski definition) is 2. The van der Waals surface area contributed by atoms with Crippen molar-refractivity contribution >= 4 is 35.3 Å². The lowest BCUT2D eigenvalue weighted by atomic mass is 10.3. The Bertz CT molecular complexity index is 931. The molecular weight excluding hydrogens is 328 g/mol. The molecule has 0 radical (unpaired) electrons. The van der Waals surface area contributed by atoms with E-state index in [1.807, 2.05) is 0 Å². The highest BCUT2D eigenvalue weighted by atomic mass is 32.1. The summed E-state index contributed by atoms with van der Waals surface area (Å²) in [6, 6.07) is 3.46. The Morgan fingerprint density at radius 1 is 1.43 bits per heavy atom. The Labute approximate surface area is 131 Å². The number of hydrogen-bond acceptors (Lipinski definition) is 5. The van der Waals surface area contributed by atoms with Crippen molar-refractivity contribution in [1.29, 1.82) is 0 Å². The molecule has 1 amide bonds. The number of allylic oxidation sites excluding steroid dienone is 2. The summed E-state index contributed by atoms with van der Waals surface area (Å²) < 4.78 is 35.1. The number of H-pyrrole nitrogens is 1. The van der Waals surface area contributed by atoms with E-state index in [0.29, 0.717) is 15.6 Å². The predicted molar refractivity (Wildman–Crippen MR) is 77.8 cm³/mol. The van der Waals surface area contributed by atoms with Gasteiger partial charge in [-0.15, -0.1) is 20.1 Å². The van der Waals surface area contributed by atoms with Crippen molar-refractivity contribution in [2.75, 3.05) is 5.32 Å². The highest BCUT2D eigenvalue weighted by Crippen LogP contribution is 2.36. The van der Waals surface area contributed by atoms with Crippen molar-refractivity contribution in [3.05, 3.63) is 44.6 Å². The van der Waals surface area contributed by atoms with Crippen LogP contribution in [0.4, 0.5) is 14.7 Å². The smallest absolute Gasteiger partial charge is 0.400 e. The van der Waals surface area contributed by atoms with E-state index in [0.717, 1.165) is 0 Å². The molecule has 1 aliphatic carbocycles. The fourth-order valence-electron chi connectivity index (χ4n) is 2.27. The number of carbonyl (C=O) groups is 1. The van der Waals surface area contributed by atoms with Gasteiger partial charge in [-0.25, -0.2) is 4.98 Å². The highest BCUT2D eigenvalue weighted by Gasteiger charge is 2.44. The number of amides is 1. The number of aromatic nitrogens is 2. The molecule has 2 aromatic heterocycles. The molecule has 2 aliphatic rings. The van der Waals surface area contributed by atoms with Gasteiger partial charge in [-0.05, 0) is 17.5 Å². The first-order valence-corrected chi connectivity index (χ1v) is 7.50. The van der Waals surface area contributed by atoms with Gasteiger partial charge in [0.15, 0.2) is 11.5 Å². The molecule has 0 spiro atoms. The van der Waals surface area contributed by atoms with Gasteiger partial charge in [-0.2, -0.15) is 0 Å². The number of alkyl halides is 2. The number of imidazole rings is 1. The normalized spacial score (nSPS) is 17.8. The van der Waals surface area contributed by atoms with Crippen molar-refractivity contribution < 1.29 is 23.0 Å². The Balaban J connectivity index is 1.64. The van der Waals surface area contributed by atoms with Crippen molar-refractivity contribution in [3.63, 3.8) is 0 Å². The van der Waals surface area contributed by atoms with Crippen LogP contribution in [0, 0.1) is 0 Å². The lowest BCUT2D eigenvalue weighted by Crippen LogP contribution is -2.25. The minimum Gasteiger partial charge on any atom is -0.400 e. The van der Waals surface area contributed by atoms with Crippen LogP contribution in [0.2, 0.25) is 0 Å². The fourth-order valence-corrected chi connectivity index (χ4v) is 2.89. The van der Waals surface area contributed by atoms with Gasteiger partial charge in [0, 0.05) is 12.5 Å². The monoisotopic (exact) mass is 337 g/mol. The summed E-state index contributed by atoms with van der Waals surface area (Å²) in [5.41, 5.74) is 0. The summed E-state index contributed by atoms with van der Waals surface area (Å²) in [4.78, 5) is 19.6. The van der Waals surface area contributed by atoms with E-state index >= 15 is 0 Å². The summed E-state index contributed by atoms with van der Waals surface area (Å²) in [6.45, 7) is 0. The van der Waals surface area contributed by atoms with Gasteiger partial charge in [0.1, 0.15) is 0 Å². The summed E-state index contributed by atoms with van der Waals surface area (Å²) in [5.74, 6) is -0.0678. The van der Waals surface area contributed by atoms with Crippen molar-refractivity contribution in [2.24, 2.45) is 0 Å². The summed E-state index contributed by atoms with van der Waals surface area (Å²) in [5, 5.41) is 5.40. The molecule has 0 saturated carbocycles. The third kappa shape index (κ3) is 2.59. The van der Waals surface area contributed by atoms with E-state index in [2.05, 4.69) is 24.8 Å². The minimum atomic E-state index is -3.65. The highest BCUT2D eigenvalue weighted by molar-refractivity contribution is 7.12. The zero-order valence-electron chi connectivity index (χ0n) is 11.4. The van der Waals surface area contributed by atoms with Crippen LogP contribution in [-0.2, 0) is 9.47 Å². The van der Waals surface area contributed by atoms with Gasteiger partial charge in [0.2, 0.25) is 5.95 Å². The fraction of sp³-hybridized carbons (Fsp3) is 0.143. The number of ether oxygens (including phenoxy) is 2. The Hall–Kier alpha value is -2.68. The first-order chi connectivity index (χ1) is 11.0. The molecule has 118 valence electrons. The van der Waals surface area contributed by atoms with E-state index in [-0.39, 0.29) is 29.8 Å². The second kappa shape index (κ2) is 4.92. The van der Waals surface area contributed by atoms with Crippen LogP contribution in [0.15, 0.2) is 29.0 Å². The molecule has 9 heteroatoms. The summed E-state index contributed by atoms with van der Waals surface area (Å²) >= 11 is 1.30. The van der Waals surface area contributed by atoms with Crippen molar-refractivity contribution in [2.45, 2.75) is 12.7 Å². The topological polar surface area (TPSA) is 76.2 Å². The average Bonchev–Trinajstić information content (AvgIpc) is 3.16. The van der Waals surface area contributed by atoms with E-state index in [4.69, 9.17) is 0 Å². The maximum Gasteiger partial charge on any atom is 0.585 e. The molecule has 6 nitrogen and oxygen atoms in total.